The number of hydrogen-bond acceptors (Lipinski definition) is 6. The van der Waals surface area contributed by atoms with Crippen molar-refractivity contribution in [2.24, 2.45) is 0 Å². The Balaban J connectivity index is 1.53. The van der Waals surface area contributed by atoms with E-state index in [1.54, 1.807) is 16.8 Å². The highest BCUT2D eigenvalue weighted by Gasteiger charge is 2.31. The van der Waals surface area contributed by atoms with Gasteiger partial charge in [-0.3, -0.25) is 0 Å². The van der Waals surface area contributed by atoms with Crippen LogP contribution in [0.25, 0.3) is 5.69 Å². The second-order valence-electron chi connectivity index (χ2n) is 6.83. The quantitative estimate of drug-likeness (QED) is 0.617. The maximum absolute atomic E-state index is 12.8. The van der Waals surface area contributed by atoms with Crippen LogP contribution in [0, 0.1) is 0 Å². The van der Waals surface area contributed by atoms with Crippen molar-refractivity contribution in [1.29, 1.82) is 0 Å². The van der Waals surface area contributed by atoms with Crippen LogP contribution in [-0.2, 0) is 10.0 Å². The van der Waals surface area contributed by atoms with Gasteiger partial charge in [-0.25, -0.2) is 13.1 Å². The van der Waals surface area contributed by atoms with E-state index >= 15 is 0 Å². The Morgan fingerprint density at radius 3 is 2.52 bits per heavy atom. The number of halogens is 1. The molecule has 0 saturated heterocycles. The molecule has 1 aliphatic carbocycles. The van der Waals surface area contributed by atoms with Crippen molar-refractivity contribution in [3.63, 3.8) is 0 Å². The molecule has 0 bridgehead atoms. The summed E-state index contributed by atoms with van der Waals surface area (Å²) < 4.78 is 30.2. The standard InChI is InChI=1S/C19H20ClN5O2S2/c20-14-10-12-16(13-11-14)29(26,27)22-17-8-4-5-9-18(17)28-19-21-23-24-25(19)15-6-2-1-3-7-15/h1-3,6-7,10-13,17-18,22H,4-5,8-9H2/t17-,18-/m1/s1. The molecular weight excluding hydrogens is 430 g/mol. The second-order valence-corrected chi connectivity index (χ2v) is 10.2. The second kappa shape index (κ2) is 8.83. The van der Waals surface area contributed by atoms with Gasteiger partial charge in [-0.2, -0.15) is 4.68 Å². The summed E-state index contributed by atoms with van der Waals surface area (Å²) in [6.07, 6.45) is 3.69. The van der Waals surface area contributed by atoms with Crippen molar-refractivity contribution in [1.82, 2.24) is 24.9 Å². The van der Waals surface area contributed by atoms with Crippen molar-refractivity contribution in [3.05, 3.63) is 59.6 Å². The van der Waals surface area contributed by atoms with E-state index < -0.39 is 10.0 Å². The zero-order chi connectivity index (χ0) is 20.3. The van der Waals surface area contributed by atoms with Gasteiger partial charge in [0.1, 0.15) is 0 Å². The van der Waals surface area contributed by atoms with Gasteiger partial charge in [0.15, 0.2) is 0 Å². The van der Waals surface area contributed by atoms with E-state index in [1.165, 1.54) is 23.9 Å². The molecule has 29 heavy (non-hydrogen) atoms. The van der Waals surface area contributed by atoms with Crippen molar-refractivity contribution in [3.8, 4) is 5.69 Å². The Bertz CT molecular complexity index is 1060. The molecule has 152 valence electrons. The number of hydrogen-bond donors (Lipinski definition) is 1. The first-order chi connectivity index (χ1) is 14.0. The molecule has 0 aliphatic heterocycles. The van der Waals surface area contributed by atoms with Gasteiger partial charge in [-0.05, 0) is 59.7 Å². The maximum Gasteiger partial charge on any atom is 0.240 e. The number of rotatable bonds is 6. The van der Waals surface area contributed by atoms with Gasteiger partial charge in [-0.15, -0.1) is 5.10 Å². The Kier molecular flexibility index (Phi) is 6.19. The third kappa shape index (κ3) is 4.80. The Morgan fingerprint density at radius 2 is 1.76 bits per heavy atom. The molecule has 2 aromatic carbocycles. The molecule has 4 rings (SSSR count). The Labute approximate surface area is 178 Å². The fourth-order valence-electron chi connectivity index (χ4n) is 3.37. The topological polar surface area (TPSA) is 89.8 Å². The van der Waals surface area contributed by atoms with E-state index in [4.69, 9.17) is 11.6 Å². The minimum absolute atomic E-state index is 0.0410. The number of thioether (sulfide) groups is 1. The van der Waals surface area contributed by atoms with Crippen molar-refractivity contribution < 1.29 is 8.42 Å². The molecule has 1 aromatic heterocycles. The van der Waals surface area contributed by atoms with Gasteiger partial charge < -0.3 is 0 Å². The van der Waals surface area contributed by atoms with E-state index in [-0.39, 0.29) is 16.2 Å². The van der Waals surface area contributed by atoms with Crippen molar-refractivity contribution in [2.75, 3.05) is 0 Å². The average Bonchev–Trinajstić information content (AvgIpc) is 3.18. The lowest BCUT2D eigenvalue weighted by Gasteiger charge is -2.31. The van der Waals surface area contributed by atoms with E-state index in [0.717, 1.165) is 31.4 Å². The number of sulfonamides is 1. The van der Waals surface area contributed by atoms with Crippen molar-refractivity contribution in [2.45, 2.75) is 47.0 Å². The molecule has 0 radical (unpaired) electrons. The van der Waals surface area contributed by atoms with Crippen LogP contribution >= 0.6 is 23.4 Å². The monoisotopic (exact) mass is 449 g/mol. The van der Waals surface area contributed by atoms with Crippen LogP contribution in [0.3, 0.4) is 0 Å². The summed E-state index contributed by atoms with van der Waals surface area (Å²) in [4.78, 5) is 0.213. The van der Waals surface area contributed by atoms with Crippen LogP contribution in [0.4, 0.5) is 0 Å². The molecule has 3 aromatic rings. The Hall–Kier alpha value is -1.94. The van der Waals surface area contributed by atoms with Crippen LogP contribution in [-0.4, -0.2) is 39.9 Å². The molecular formula is C19H20ClN5O2S2. The van der Waals surface area contributed by atoms with Crippen LogP contribution in [0.1, 0.15) is 25.7 Å². The van der Waals surface area contributed by atoms with Gasteiger partial charge in [0, 0.05) is 16.3 Å². The van der Waals surface area contributed by atoms with Gasteiger partial charge in [0.2, 0.25) is 15.2 Å². The molecule has 2 atom stereocenters. The number of nitrogens with zero attached hydrogens (tertiary/aromatic N) is 4. The van der Waals surface area contributed by atoms with E-state index in [9.17, 15) is 8.42 Å². The first-order valence-electron chi connectivity index (χ1n) is 9.31. The highest BCUT2D eigenvalue weighted by molar-refractivity contribution is 7.99. The molecule has 0 amide bonds. The minimum Gasteiger partial charge on any atom is -0.207 e. The summed E-state index contributed by atoms with van der Waals surface area (Å²) in [5.41, 5.74) is 0.870. The summed E-state index contributed by atoms with van der Waals surface area (Å²) in [6.45, 7) is 0. The smallest absolute Gasteiger partial charge is 0.207 e. The minimum atomic E-state index is -3.63. The fraction of sp³-hybridized carbons (Fsp3) is 0.316. The molecule has 0 unspecified atom stereocenters. The lowest BCUT2D eigenvalue weighted by atomic mass is 9.96. The zero-order valence-corrected chi connectivity index (χ0v) is 17.9. The number of tetrazole rings is 1. The third-order valence-electron chi connectivity index (χ3n) is 4.83. The number of benzene rings is 2. The largest absolute Gasteiger partial charge is 0.240 e. The van der Waals surface area contributed by atoms with E-state index in [1.807, 2.05) is 30.3 Å². The number of aromatic nitrogens is 4. The predicted molar refractivity (Wildman–Crippen MR) is 113 cm³/mol. The van der Waals surface area contributed by atoms with Gasteiger partial charge in [0.25, 0.3) is 0 Å². The lowest BCUT2D eigenvalue weighted by Crippen LogP contribution is -2.43. The van der Waals surface area contributed by atoms with Crippen molar-refractivity contribution >= 4 is 33.4 Å². The third-order valence-corrected chi connectivity index (χ3v) is 7.92. The first-order valence-corrected chi connectivity index (χ1v) is 12.1. The summed E-state index contributed by atoms with van der Waals surface area (Å²) in [6, 6.07) is 15.7. The average molecular weight is 450 g/mol. The summed E-state index contributed by atoms with van der Waals surface area (Å²) in [7, 11) is -3.63. The fourth-order valence-corrected chi connectivity index (χ4v) is 6.15. The van der Waals surface area contributed by atoms with E-state index in [0.29, 0.717) is 10.2 Å². The summed E-state index contributed by atoms with van der Waals surface area (Å²) in [5.74, 6) is 0. The normalized spacial score (nSPS) is 19.9. The van der Waals surface area contributed by atoms with Gasteiger partial charge in [0.05, 0.1) is 10.6 Å². The molecule has 1 saturated carbocycles. The summed E-state index contributed by atoms with van der Waals surface area (Å²) in [5, 5.41) is 13.3. The molecule has 10 heteroatoms. The molecule has 1 aliphatic rings. The highest BCUT2D eigenvalue weighted by atomic mass is 35.5. The number of para-hydroxylation sites is 1. The van der Waals surface area contributed by atoms with Crippen LogP contribution in [0.2, 0.25) is 5.02 Å². The molecule has 1 heterocycles. The number of nitrogens with one attached hydrogen (secondary N) is 1. The Morgan fingerprint density at radius 1 is 1.03 bits per heavy atom. The molecule has 7 nitrogen and oxygen atoms in total. The van der Waals surface area contributed by atoms with Gasteiger partial charge in [-0.1, -0.05) is 54.4 Å². The van der Waals surface area contributed by atoms with Crippen LogP contribution < -0.4 is 4.72 Å². The molecule has 0 spiro atoms. The first kappa shape index (κ1) is 20.3. The highest BCUT2D eigenvalue weighted by Crippen LogP contribution is 2.34. The molecule has 1 fully saturated rings. The van der Waals surface area contributed by atoms with E-state index in [2.05, 4.69) is 20.2 Å². The summed E-state index contributed by atoms with van der Waals surface area (Å²) >= 11 is 7.40. The zero-order valence-electron chi connectivity index (χ0n) is 15.5. The predicted octanol–water partition coefficient (Wildman–Crippen LogP) is 3.70. The molecule has 1 N–H and O–H groups in total. The van der Waals surface area contributed by atoms with Crippen LogP contribution in [0.5, 0.6) is 0 Å². The lowest BCUT2D eigenvalue weighted by molar-refractivity contribution is 0.422. The maximum atomic E-state index is 12.8. The van der Waals surface area contributed by atoms with Gasteiger partial charge >= 0.3 is 0 Å². The SMILES string of the molecule is O=S(=O)(N[C@@H]1CCCC[C@H]1Sc1nnnn1-c1ccccc1)c1ccc(Cl)cc1. The van der Waals surface area contributed by atoms with Crippen LogP contribution in [0.15, 0.2) is 64.6 Å².